The van der Waals surface area contributed by atoms with Crippen LogP contribution < -0.4 is 10.2 Å². The highest BCUT2D eigenvalue weighted by Crippen LogP contribution is 2.26. The van der Waals surface area contributed by atoms with Gasteiger partial charge in [-0.25, -0.2) is 4.39 Å². The number of nitrogens with zero attached hydrogens (tertiary/aromatic N) is 1. The quantitative estimate of drug-likeness (QED) is 0.874. The zero-order valence-corrected chi connectivity index (χ0v) is 12.1. The number of rotatable bonds is 5. The molecule has 0 atom stereocenters. The molecule has 1 N–H and O–H groups in total. The van der Waals surface area contributed by atoms with Crippen molar-refractivity contribution >= 4 is 5.69 Å². The van der Waals surface area contributed by atoms with Gasteiger partial charge in [0.2, 0.25) is 0 Å². The number of piperidine rings is 1. The second kappa shape index (κ2) is 6.90. The molecule has 0 bridgehead atoms. The van der Waals surface area contributed by atoms with E-state index < -0.39 is 0 Å². The lowest BCUT2D eigenvalue weighted by Crippen LogP contribution is -2.31. The first kappa shape index (κ1) is 14.3. The number of nitrogens with one attached hydrogen (secondary N) is 1. The Morgan fingerprint density at radius 2 is 1.95 bits per heavy atom. The van der Waals surface area contributed by atoms with E-state index in [1.54, 1.807) is 6.07 Å². The van der Waals surface area contributed by atoms with Crippen LogP contribution in [0.25, 0.3) is 0 Å². The second-order valence-corrected chi connectivity index (χ2v) is 5.81. The van der Waals surface area contributed by atoms with E-state index in [9.17, 15) is 4.39 Å². The average molecular weight is 264 g/mol. The molecule has 0 aliphatic carbocycles. The normalized spacial score (nSPS) is 16.1. The van der Waals surface area contributed by atoms with E-state index in [0.29, 0.717) is 12.5 Å². The van der Waals surface area contributed by atoms with Crippen LogP contribution in [0, 0.1) is 11.7 Å². The molecule has 1 heterocycles. The van der Waals surface area contributed by atoms with Gasteiger partial charge in [0.1, 0.15) is 5.82 Å². The van der Waals surface area contributed by atoms with Crippen molar-refractivity contribution in [1.82, 2.24) is 5.32 Å². The lowest BCUT2D eigenvalue weighted by molar-refractivity contribution is 0.529. The second-order valence-electron chi connectivity index (χ2n) is 5.81. The van der Waals surface area contributed by atoms with Gasteiger partial charge in [-0.1, -0.05) is 19.9 Å². The highest BCUT2D eigenvalue weighted by molar-refractivity contribution is 5.54. The summed E-state index contributed by atoms with van der Waals surface area (Å²) in [6, 6.07) is 5.45. The minimum Gasteiger partial charge on any atom is -0.371 e. The molecule has 1 aromatic rings. The van der Waals surface area contributed by atoms with Crippen LogP contribution in [0.2, 0.25) is 0 Å². The van der Waals surface area contributed by atoms with Crippen LogP contribution in [0.15, 0.2) is 18.2 Å². The van der Waals surface area contributed by atoms with Gasteiger partial charge in [-0.15, -0.1) is 0 Å². The molecule has 1 aliphatic heterocycles. The Hall–Kier alpha value is -1.09. The van der Waals surface area contributed by atoms with Gasteiger partial charge >= 0.3 is 0 Å². The third-order valence-corrected chi connectivity index (χ3v) is 3.65. The predicted molar refractivity (Wildman–Crippen MR) is 79.0 cm³/mol. The Morgan fingerprint density at radius 3 is 2.63 bits per heavy atom. The Morgan fingerprint density at radius 1 is 1.21 bits per heavy atom. The van der Waals surface area contributed by atoms with Crippen molar-refractivity contribution in [2.75, 3.05) is 24.5 Å². The van der Waals surface area contributed by atoms with Gasteiger partial charge < -0.3 is 10.2 Å². The van der Waals surface area contributed by atoms with Gasteiger partial charge in [0.05, 0.1) is 0 Å². The molecule has 19 heavy (non-hydrogen) atoms. The molecule has 2 rings (SSSR count). The van der Waals surface area contributed by atoms with Crippen molar-refractivity contribution in [3.05, 3.63) is 29.6 Å². The van der Waals surface area contributed by atoms with E-state index in [1.807, 2.05) is 6.07 Å². The fourth-order valence-electron chi connectivity index (χ4n) is 2.64. The van der Waals surface area contributed by atoms with Crippen molar-refractivity contribution in [2.24, 2.45) is 5.92 Å². The van der Waals surface area contributed by atoms with Crippen LogP contribution in [0.4, 0.5) is 10.1 Å². The minimum atomic E-state index is -0.0840. The summed E-state index contributed by atoms with van der Waals surface area (Å²) in [5.74, 6) is 0.504. The van der Waals surface area contributed by atoms with Crippen LogP contribution in [0.3, 0.4) is 0 Å². The molecule has 0 unspecified atom stereocenters. The van der Waals surface area contributed by atoms with Gasteiger partial charge in [0.25, 0.3) is 0 Å². The standard InChI is InChI=1S/C16H25FN2/c1-13(2)11-18-12-14-15(17)7-6-8-16(14)19-9-4-3-5-10-19/h6-8,13,18H,3-5,9-12H2,1-2H3. The van der Waals surface area contributed by atoms with Gasteiger partial charge in [-0.05, 0) is 43.9 Å². The number of hydrogen-bond donors (Lipinski definition) is 1. The first-order valence-electron chi connectivity index (χ1n) is 7.41. The third-order valence-electron chi connectivity index (χ3n) is 3.65. The smallest absolute Gasteiger partial charge is 0.129 e. The van der Waals surface area contributed by atoms with Crippen LogP contribution in [0.5, 0.6) is 0 Å². The SMILES string of the molecule is CC(C)CNCc1c(F)cccc1N1CCCCC1. The van der Waals surface area contributed by atoms with E-state index in [1.165, 1.54) is 19.3 Å². The number of hydrogen-bond acceptors (Lipinski definition) is 2. The van der Waals surface area contributed by atoms with Crippen molar-refractivity contribution in [1.29, 1.82) is 0 Å². The van der Waals surface area contributed by atoms with E-state index in [-0.39, 0.29) is 5.82 Å². The van der Waals surface area contributed by atoms with E-state index in [0.717, 1.165) is 30.9 Å². The summed E-state index contributed by atoms with van der Waals surface area (Å²) in [5.41, 5.74) is 1.90. The van der Waals surface area contributed by atoms with Crippen LogP contribution in [-0.2, 0) is 6.54 Å². The first-order chi connectivity index (χ1) is 9.18. The molecule has 0 amide bonds. The van der Waals surface area contributed by atoms with E-state index in [4.69, 9.17) is 0 Å². The van der Waals surface area contributed by atoms with Crippen LogP contribution >= 0.6 is 0 Å². The number of benzene rings is 1. The maximum atomic E-state index is 14.1. The molecular formula is C16H25FN2. The van der Waals surface area contributed by atoms with Crippen molar-refractivity contribution in [2.45, 2.75) is 39.7 Å². The summed E-state index contributed by atoms with van der Waals surface area (Å²) in [6.07, 6.45) is 3.73. The molecule has 0 radical (unpaired) electrons. The Bertz CT molecular complexity index is 398. The number of halogens is 1. The molecule has 3 heteroatoms. The average Bonchev–Trinajstić information content (AvgIpc) is 2.41. The molecule has 0 saturated carbocycles. The Labute approximate surface area is 116 Å². The molecule has 1 fully saturated rings. The molecule has 2 nitrogen and oxygen atoms in total. The summed E-state index contributed by atoms with van der Waals surface area (Å²) >= 11 is 0. The summed E-state index contributed by atoms with van der Waals surface area (Å²) in [7, 11) is 0. The fourth-order valence-corrected chi connectivity index (χ4v) is 2.64. The van der Waals surface area contributed by atoms with Crippen molar-refractivity contribution in [3.63, 3.8) is 0 Å². The largest absolute Gasteiger partial charge is 0.371 e. The Balaban J connectivity index is 2.10. The summed E-state index contributed by atoms with van der Waals surface area (Å²) in [6.45, 7) is 7.99. The first-order valence-corrected chi connectivity index (χ1v) is 7.41. The lowest BCUT2D eigenvalue weighted by Gasteiger charge is -2.31. The van der Waals surface area contributed by atoms with Crippen molar-refractivity contribution < 1.29 is 4.39 Å². The molecule has 1 aromatic carbocycles. The fraction of sp³-hybridized carbons (Fsp3) is 0.625. The van der Waals surface area contributed by atoms with Gasteiger partial charge in [-0.2, -0.15) is 0 Å². The van der Waals surface area contributed by atoms with Gasteiger partial charge in [-0.3, -0.25) is 0 Å². The highest BCUT2D eigenvalue weighted by atomic mass is 19.1. The predicted octanol–water partition coefficient (Wildman–Crippen LogP) is 3.56. The number of anilines is 1. The molecule has 1 aliphatic rings. The maximum absolute atomic E-state index is 14.1. The topological polar surface area (TPSA) is 15.3 Å². The Kier molecular flexibility index (Phi) is 5.20. The minimum absolute atomic E-state index is 0.0840. The maximum Gasteiger partial charge on any atom is 0.129 e. The summed E-state index contributed by atoms with van der Waals surface area (Å²) in [4.78, 5) is 2.33. The molecule has 1 saturated heterocycles. The van der Waals surface area contributed by atoms with Crippen LogP contribution in [0.1, 0.15) is 38.7 Å². The summed E-state index contributed by atoms with van der Waals surface area (Å²) < 4.78 is 14.1. The zero-order valence-electron chi connectivity index (χ0n) is 12.1. The van der Waals surface area contributed by atoms with Crippen LogP contribution in [-0.4, -0.2) is 19.6 Å². The molecule has 0 aromatic heterocycles. The summed E-state index contributed by atoms with van der Waals surface area (Å²) in [5, 5.41) is 3.35. The van der Waals surface area contributed by atoms with Crippen molar-refractivity contribution in [3.8, 4) is 0 Å². The lowest BCUT2D eigenvalue weighted by atomic mass is 10.1. The molecule has 0 spiro atoms. The zero-order chi connectivity index (χ0) is 13.7. The highest BCUT2D eigenvalue weighted by Gasteiger charge is 2.16. The van der Waals surface area contributed by atoms with E-state index >= 15 is 0 Å². The van der Waals surface area contributed by atoms with Gasteiger partial charge in [0, 0.05) is 30.9 Å². The van der Waals surface area contributed by atoms with E-state index in [2.05, 4.69) is 30.1 Å². The third kappa shape index (κ3) is 3.93. The monoisotopic (exact) mass is 264 g/mol. The molecular weight excluding hydrogens is 239 g/mol. The molecule has 106 valence electrons. The van der Waals surface area contributed by atoms with Gasteiger partial charge in [0.15, 0.2) is 0 Å².